The Balaban J connectivity index is 1.59. The number of hydrogen-bond donors (Lipinski definition) is 2. The Kier molecular flexibility index (Phi) is 2.38. The lowest BCUT2D eigenvalue weighted by atomic mass is 10.0. The lowest BCUT2D eigenvalue weighted by molar-refractivity contribution is 0.0782. The van der Waals surface area contributed by atoms with Crippen molar-refractivity contribution in [2.24, 2.45) is 11.8 Å². The van der Waals surface area contributed by atoms with E-state index in [0.29, 0.717) is 11.8 Å². The molecule has 3 heterocycles. The zero-order valence-corrected chi connectivity index (χ0v) is 10.7. The number of fused-ring (bicyclic) bond motifs is 2. The van der Waals surface area contributed by atoms with Crippen LogP contribution in [-0.4, -0.2) is 42.0 Å². The van der Waals surface area contributed by atoms with Crippen molar-refractivity contribution in [3.8, 4) is 0 Å². The monoisotopic (exact) mass is 255 g/mol. The first-order valence-corrected chi connectivity index (χ1v) is 6.88. The van der Waals surface area contributed by atoms with Crippen molar-refractivity contribution in [3.05, 3.63) is 36.0 Å². The third-order valence-corrected chi connectivity index (χ3v) is 4.48. The second-order valence-electron chi connectivity index (χ2n) is 5.67. The van der Waals surface area contributed by atoms with E-state index in [-0.39, 0.29) is 5.91 Å². The summed E-state index contributed by atoms with van der Waals surface area (Å²) in [4.78, 5) is 17.7. The zero-order chi connectivity index (χ0) is 12.8. The first-order valence-electron chi connectivity index (χ1n) is 6.88. The second-order valence-corrected chi connectivity index (χ2v) is 5.67. The van der Waals surface area contributed by atoms with Crippen LogP contribution in [-0.2, 0) is 0 Å². The molecule has 2 aliphatic rings. The van der Waals surface area contributed by atoms with Crippen LogP contribution in [0.5, 0.6) is 0 Å². The maximum Gasteiger partial charge on any atom is 0.253 e. The summed E-state index contributed by atoms with van der Waals surface area (Å²) >= 11 is 0. The van der Waals surface area contributed by atoms with E-state index >= 15 is 0 Å². The highest BCUT2D eigenvalue weighted by molar-refractivity contribution is 5.98. The summed E-state index contributed by atoms with van der Waals surface area (Å²) in [5.74, 6) is 1.47. The molecular formula is C15H17N3O. The fourth-order valence-corrected chi connectivity index (χ4v) is 3.38. The van der Waals surface area contributed by atoms with Crippen LogP contribution in [0.25, 0.3) is 10.9 Å². The van der Waals surface area contributed by atoms with Gasteiger partial charge in [0.25, 0.3) is 5.91 Å². The molecule has 1 amide bonds. The van der Waals surface area contributed by atoms with Gasteiger partial charge in [0, 0.05) is 43.5 Å². The van der Waals surface area contributed by atoms with Crippen molar-refractivity contribution < 1.29 is 4.79 Å². The number of benzene rings is 1. The minimum atomic E-state index is 0.172. The first-order chi connectivity index (χ1) is 9.31. The molecule has 2 atom stereocenters. The van der Waals surface area contributed by atoms with Gasteiger partial charge in [-0.25, -0.2) is 0 Å². The lowest BCUT2D eigenvalue weighted by Gasteiger charge is -2.17. The van der Waals surface area contributed by atoms with E-state index in [1.165, 1.54) is 0 Å². The summed E-state index contributed by atoms with van der Waals surface area (Å²) < 4.78 is 0. The second kappa shape index (κ2) is 4.10. The molecular weight excluding hydrogens is 238 g/mol. The van der Waals surface area contributed by atoms with E-state index in [1.54, 1.807) is 0 Å². The summed E-state index contributed by atoms with van der Waals surface area (Å²) in [7, 11) is 0. The molecule has 4 heteroatoms. The van der Waals surface area contributed by atoms with E-state index in [0.717, 1.165) is 42.6 Å². The van der Waals surface area contributed by atoms with Gasteiger partial charge in [0.2, 0.25) is 0 Å². The molecule has 2 aromatic rings. The molecule has 1 aromatic heterocycles. The number of amides is 1. The molecule has 19 heavy (non-hydrogen) atoms. The van der Waals surface area contributed by atoms with Gasteiger partial charge in [0.1, 0.15) is 0 Å². The standard InChI is InChI=1S/C15H17N3O/c19-15(18-8-12-6-16-7-13(12)9-18)11-2-1-10-3-4-17-14(10)5-11/h1-5,12-13,16-17H,6-9H2/t12-,13+. The normalized spacial score (nSPS) is 26.0. The van der Waals surface area contributed by atoms with Crippen LogP contribution < -0.4 is 5.32 Å². The van der Waals surface area contributed by atoms with Crippen LogP contribution >= 0.6 is 0 Å². The smallest absolute Gasteiger partial charge is 0.253 e. The van der Waals surface area contributed by atoms with Gasteiger partial charge in [0.05, 0.1) is 0 Å². The molecule has 0 unspecified atom stereocenters. The number of aromatic nitrogens is 1. The van der Waals surface area contributed by atoms with Gasteiger partial charge < -0.3 is 15.2 Å². The van der Waals surface area contributed by atoms with E-state index in [1.807, 2.05) is 35.4 Å². The van der Waals surface area contributed by atoms with Crippen LogP contribution in [0.2, 0.25) is 0 Å². The highest BCUT2D eigenvalue weighted by atomic mass is 16.2. The number of nitrogens with one attached hydrogen (secondary N) is 2. The Labute approximate surface area is 111 Å². The zero-order valence-electron chi connectivity index (χ0n) is 10.7. The molecule has 4 nitrogen and oxygen atoms in total. The Morgan fingerprint density at radius 1 is 1.16 bits per heavy atom. The van der Waals surface area contributed by atoms with E-state index in [2.05, 4.69) is 10.3 Å². The summed E-state index contributed by atoms with van der Waals surface area (Å²) in [6.07, 6.45) is 1.91. The van der Waals surface area contributed by atoms with Crippen LogP contribution in [0, 0.1) is 11.8 Å². The first kappa shape index (κ1) is 11.1. The number of likely N-dealkylation sites (tertiary alicyclic amines) is 1. The predicted octanol–water partition coefficient (Wildman–Crippen LogP) is 1.46. The third kappa shape index (κ3) is 1.75. The van der Waals surface area contributed by atoms with Gasteiger partial charge in [-0.15, -0.1) is 0 Å². The van der Waals surface area contributed by atoms with Crippen LogP contribution in [0.1, 0.15) is 10.4 Å². The summed E-state index contributed by atoms with van der Waals surface area (Å²) in [5, 5.41) is 4.55. The number of rotatable bonds is 1. The van der Waals surface area contributed by atoms with Crippen molar-refractivity contribution in [2.75, 3.05) is 26.2 Å². The largest absolute Gasteiger partial charge is 0.361 e. The van der Waals surface area contributed by atoms with Gasteiger partial charge in [-0.2, -0.15) is 0 Å². The number of nitrogens with zero attached hydrogens (tertiary/aromatic N) is 1. The minimum absolute atomic E-state index is 0.172. The Morgan fingerprint density at radius 2 is 1.95 bits per heavy atom. The third-order valence-electron chi connectivity index (χ3n) is 4.48. The number of carbonyl (C=O) groups is 1. The van der Waals surface area contributed by atoms with Gasteiger partial charge in [0.15, 0.2) is 0 Å². The lowest BCUT2D eigenvalue weighted by Crippen LogP contribution is -2.31. The Bertz CT molecular complexity index is 621. The van der Waals surface area contributed by atoms with Crippen molar-refractivity contribution >= 4 is 16.8 Å². The van der Waals surface area contributed by atoms with Crippen molar-refractivity contribution in [3.63, 3.8) is 0 Å². The maximum absolute atomic E-state index is 12.5. The molecule has 0 radical (unpaired) electrons. The number of hydrogen-bond acceptors (Lipinski definition) is 2. The molecule has 0 aliphatic carbocycles. The molecule has 98 valence electrons. The van der Waals surface area contributed by atoms with Crippen molar-refractivity contribution in [1.29, 1.82) is 0 Å². The molecule has 0 spiro atoms. The summed E-state index contributed by atoms with van der Waals surface area (Å²) in [6, 6.07) is 7.93. The van der Waals surface area contributed by atoms with E-state index in [9.17, 15) is 4.79 Å². The van der Waals surface area contributed by atoms with Gasteiger partial charge in [-0.1, -0.05) is 6.07 Å². The summed E-state index contributed by atoms with van der Waals surface area (Å²) in [6.45, 7) is 3.92. The molecule has 0 bridgehead atoms. The maximum atomic E-state index is 12.5. The fourth-order valence-electron chi connectivity index (χ4n) is 3.38. The van der Waals surface area contributed by atoms with Crippen LogP contribution in [0.3, 0.4) is 0 Å². The molecule has 2 N–H and O–H groups in total. The molecule has 0 saturated carbocycles. The molecule has 2 fully saturated rings. The SMILES string of the molecule is O=C(c1ccc2cc[nH]c2c1)N1C[C@H]2CNC[C@H]2C1. The number of aromatic amines is 1. The van der Waals surface area contributed by atoms with E-state index in [4.69, 9.17) is 0 Å². The van der Waals surface area contributed by atoms with Crippen molar-refractivity contribution in [2.45, 2.75) is 0 Å². The van der Waals surface area contributed by atoms with Gasteiger partial charge >= 0.3 is 0 Å². The molecule has 4 rings (SSSR count). The molecule has 1 aromatic carbocycles. The van der Waals surface area contributed by atoms with Gasteiger partial charge in [-0.3, -0.25) is 4.79 Å². The number of H-pyrrole nitrogens is 1. The average Bonchev–Trinajstić information content (AvgIpc) is 3.11. The summed E-state index contributed by atoms with van der Waals surface area (Å²) in [5.41, 5.74) is 1.83. The minimum Gasteiger partial charge on any atom is -0.361 e. The Morgan fingerprint density at radius 3 is 2.74 bits per heavy atom. The average molecular weight is 255 g/mol. The van der Waals surface area contributed by atoms with Crippen LogP contribution in [0.15, 0.2) is 30.5 Å². The quantitative estimate of drug-likeness (QED) is 0.810. The van der Waals surface area contributed by atoms with Crippen molar-refractivity contribution in [1.82, 2.24) is 15.2 Å². The highest BCUT2D eigenvalue weighted by Gasteiger charge is 2.38. The van der Waals surface area contributed by atoms with E-state index < -0.39 is 0 Å². The number of carbonyl (C=O) groups excluding carboxylic acids is 1. The molecule has 2 aliphatic heterocycles. The fraction of sp³-hybridized carbons (Fsp3) is 0.400. The highest BCUT2D eigenvalue weighted by Crippen LogP contribution is 2.27. The predicted molar refractivity (Wildman–Crippen MR) is 74.1 cm³/mol. The van der Waals surface area contributed by atoms with Crippen LogP contribution in [0.4, 0.5) is 0 Å². The molecule has 2 saturated heterocycles. The topological polar surface area (TPSA) is 48.1 Å². The van der Waals surface area contributed by atoms with Gasteiger partial charge in [-0.05, 0) is 35.4 Å². The Hall–Kier alpha value is -1.81.